The molecule has 3 N–H and O–H groups in total. The van der Waals surface area contributed by atoms with Gasteiger partial charge in [-0.05, 0) is 45.1 Å². The van der Waals surface area contributed by atoms with Crippen molar-refractivity contribution in [3.05, 3.63) is 0 Å². The van der Waals surface area contributed by atoms with Crippen LogP contribution in [0.15, 0.2) is 0 Å². The zero-order valence-electron chi connectivity index (χ0n) is 11.1. The van der Waals surface area contributed by atoms with Gasteiger partial charge in [0, 0.05) is 19.7 Å². The van der Waals surface area contributed by atoms with Gasteiger partial charge in [0.15, 0.2) is 0 Å². The van der Waals surface area contributed by atoms with Crippen molar-refractivity contribution >= 4 is 5.97 Å². The molecule has 0 aromatic carbocycles. The van der Waals surface area contributed by atoms with Gasteiger partial charge in [0.1, 0.15) is 5.54 Å². The number of nitrogens with zero attached hydrogens (tertiary/aromatic N) is 1. The monoisotopic (exact) mass is 256 g/mol. The standard InChI is InChI=1S/C13H24N2O3/c1-18-11-5-3-7-15(9-11)10-4-2-6-13(14,8-10)12(16)17/h10-11H,2-9,14H2,1H3,(H,16,17). The van der Waals surface area contributed by atoms with Gasteiger partial charge in [-0.2, -0.15) is 0 Å². The smallest absolute Gasteiger partial charge is 0.323 e. The second kappa shape index (κ2) is 5.55. The van der Waals surface area contributed by atoms with Crippen molar-refractivity contribution in [1.29, 1.82) is 0 Å². The molecule has 0 spiro atoms. The van der Waals surface area contributed by atoms with Crippen LogP contribution in [-0.4, -0.2) is 53.9 Å². The molecule has 5 heteroatoms. The molecule has 1 heterocycles. The number of carboxylic acid groups (broad SMARTS) is 1. The van der Waals surface area contributed by atoms with Crippen LogP contribution in [0.1, 0.15) is 38.5 Å². The molecule has 2 rings (SSSR count). The zero-order chi connectivity index (χ0) is 13.2. The summed E-state index contributed by atoms with van der Waals surface area (Å²) in [4.78, 5) is 13.6. The first-order valence-corrected chi connectivity index (χ1v) is 6.84. The van der Waals surface area contributed by atoms with Crippen molar-refractivity contribution < 1.29 is 14.6 Å². The summed E-state index contributed by atoms with van der Waals surface area (Å²) in [6.07, 6.45) is 5.65. The van der Waals surface area contributed by atoms with Gasteiger partial charge in [0.2, 0.25) is 0 Å². The van der Waals surface area contributed by atoms with E-state index in [1.807, 2.05) is 0 Å². The number of ether oxygens (including phenoxy) is 1. The van der Waals surface area contributed by atoms with Gasteiger partial charge in [0.25, 0.3) is 0 Å². The highest BCUT2D eigenvalue weighted by atomic mass is 16.5. The van der Waals surface area contributed by atoms with Gasteiger partial charge in [-0.15, -0.1) is 0 Å². The van der Waals surface area contributed by atoms with E-state index in [-0.39, 0.29) is 6.10 Å². The molecular weight excluding hydrogens is 232 g/mol. The quantitative estimate of drug-likeness (QED) is 0.782. The SMILES string of the molecule is COC1CCCN(C2CCCC(N)(C(=O)O)C2)C1. The Labute approximate surface area is 108 Å². The fourth-order valence-electron chi connectivity index (χ4n) is 3.27. The summed E-state index contributed by atoms with van der Waals surface area (Å²) in [5.41, 5.74) is 4.98. The number of carboxylic acids is 1. The van der Waals surface area contributed by atoms with E-state index in [1.54, 1.807) is 7.11 Å². The van der Waals surface area contributed by atoms with E-state index in [0.717, 1.165) is 38.8 Å². The Kier molecular flexibility index (Phi) is 4.25. The minimum Gasteiger partial charge on any atom is -0.480 e. The van der Waals surface area contributed by atoms with Crippen molar-refractivity contribution in [3.63, 3.8) is 0 Å². The summed E-state index contributed by atoms with van der Waals surface area (Å²) < 4.78 is 5.42. The molecule has 1 aliphatic heterocycles. The topological polar surface area (TPSA) is 75.8 Å². The van der Waals surface area contributed by atoms with E-state index in [0.29, 0.717) is 18.9 Å². The lowest BCUT2D eigenvalue weighted by Gasteiger charge is -2.43. The van der Waals surface area contributed by atoms with Crippen molar-refractivity contribution in [1.82, 2.24) is 4.90 Å². The highest BCUT2D eigenvalue weighted by molar-refractivity contribution is 5.78. The predicted molar refractivity (Wildman–Crippen MR) is 68.4 cm³/mol. The second-order valence-corrected chi connectivity index (χ2v) is 5.71. The normalized spacial score (nSPS) is 38.6. The summed E-state index contributed by atoms with van der Waals surface area (Å²) in [5, 5.41) is 9.24. The van der Waals surface area contributed by atoms with E-state index >= 15 is 0 Å². The molecule has 3 atom stereocenters. The van der Waals surface area contributed by atoms with Crippen LogP contribution < -0.4 is 5.73 Å². The van der Waals surface area contributed by atoms with E-state index in [9.17, 15) is 9.90 Å². The van der Waals surface area contributed by atoms with Crippen LogP contribution in [0, 0.1) is 0 Å². The lowest BCUT2D eigenvalue weighted by Crippen LogP contribution is -2.57. The number of nitrogens with two attached hydrogens (primary N) is 1. The van der Waals surface area contributed by atoms with Gasteiger partial charge in [-0.1, -0.05) is 0 Å². The Morgan fingerprint density at radius 1 is 1.44 bits per heavy atom. The van der Waals surface area contributed by atoms with Crippen LogP contribution in [0.25, 0.3) is 0 Å². The Bertz CT molecular complexity index is 311. The first-order chi connectivity index (χ1) is 8.55. The highest BCUT2D eigenvalue weighted by Gasteiger charge is 2.41. The number of aliphatic carboxylic acids is 1. The van der Waals surface area contributed by atoms with Crippen LogP contribution in [0.3, 0.4) is 0 Å². The maximum Gasteiger partial charge on any atom is 0.323 e. The minimum absolute atomic E-state index is 0.290. The average Bonchev–Trinajstić information content (AvgIpc) is 2.39. The number of piperidine rings is 1. The van der Waals surface area contributed by atoms with Crippen molar-refractivity contribution in [2.45, 2.75) is 56.2 Å². The van der Waals surface area contributed by atoms with Crippen LogP contribution in [0.5, 0.6) is 0 Å². The molecule has 1 saturated carbocycles. The molecule has 0 radical (unpaired) electrons. The number of likely N-dealkylation sites (tertiary alicyclic amines) is 1. The zero-order valence-corrected chi connectivity index (χ0v) is 11.1. The third kappa shape index (κ3) is 2.84. The summed E-state index contributed by atoms with van der Waals surface area (Å²) in [7, 11) is 1.75. The first kappa shape index (κ1) is 13.8. The lowest BCUT2D eigenvalue weighted by atomic mass is 9.78. The van der Waals surface area contributed by atoms with Crippen LogP contribution in [0.2, 0.25) is 0 Å². The number of methoxy groups -OCH3 is 1. The van der Waals surface area contributed by atoms with Gasteiger partial charge in [-0.25, -0.2) is 0 Å². The van der Waals surface area contributed by atoms with E-state index in [2.05, 4.69) is 4.90 Å². The molecule has 18 heavy (non-hydrogen) atoms. The fourth-order valence-corrected chi connectivity index (χ4v) is 3.27. The molecule has 0 aromatic heterocycles. The first-order valence-electron chi connectivity index (χ1n) is 6.84. The Morgan fingerprint density at radius 2 is 2.22 bits per heavy atom. The minimum atomic E-state index is -1.02. The lowest BCUT2D eigenvalue weighted by molar-refractivity contribution is -0.145. The van der Waals surface area contributed by atoms with Crippen LogP contribution in [-0.2, 0) is 9.53 Å². The highest BCUT2D eigenvalue weighted by Crippen LogP contribution is 2.31. The molecule has 2 aliphatic rings. The van der Waals surface area contributed by atoms with Gasteiger partial charge >= 0.3 is 5.97 Å². The molecular formula is C13H24N2O3. The Morgan fingerprint density at radius 3 is 2.89 bits per heavy atom. The summed E-state index contributed by atoms with van der Waals surface area (Å²) in [6, 6.07) is 0.304. The number of carbonyl (C=O) groups is 1. The van der Waals surface area contributed by atoms with E-state index < -0.39 is 11.5 Å². The van der Waals surface area contributed by atoms with Crippen molar-refractivity contribution in [2.24, 2.45) is 5.73 Å². The molecule has 0 amide bonds. The summed E-state index contributed by atoms with van der Waals surface area (Å²) in [5.74, 6) is -0.854. The molecule has 1 saturated heterocycles. The number of rotatable bonds is 3. The molecule has 1 aliphatic carbocycles. The molecule has 104 valence electrons. The van der Waals surface area contributed by atoms with Gasteiger partial charge in [-0.3, -0.25) is 9.69 Å². The largest absolute Gasteiger partial charge is 0.480 e. The fraction of sp³-hybridized carbons (Fsp3) is 0.923. The van der Waals surface area contributed by atoms with Crippen LogP contribution in [0.4, 0.5) is 0 Å². The molecule has 2 fully saturated rings. The maximum absolute atomic E-state index is 11.3. The van der Waals surface area contributed by atoms with Gasteiger partial charge < -0.3 is 15.6 Å². The predicted octanol–water partition coefficient (Wildman–Crippen LogP) is 0.822. The molecule has 0 bridgehead atoms. The Balaban J connectivity index is 1.98. The third-order valence-electron chi connectivity index (χ3n) is 4.45. The number of hydrogen-bond donors (Lipinski definition) is 2. The van der Waals surface area contributed by atoms with Crippen molar-refractivity contribution in [2.75, 3.05) is 20.2 Å². The third-order valence-corrected chi connectivity index (χ3v) is 4.45. The Hall–Kier alpha value is -0.650. The average molecular weight is 256 g/mol. The molecule has 0 aromatic rings. The summed E-state index contributed by atoms with van der Waals surface area (Å²) >= 11 is 0. The van der Waals surface area contributed by atoms with E-state index in [1.165, 1.54) is 0 Å². The summed E-state index contributed by atoms with van der Waals surface area (Å²) in [6.45, 7) is 1.96. The second-order valence-electron chi connectivity index (χ2n) is 5.71. The van der Waals surface area contributed by atoms with Crippen LogP contribution >= 0.6 is 0 Å². The maximum atomic E-state index is 11.3. The van der Waals surface area contributed by atoms with Gasteiger partial charge in [0.05, 0.1) is 6.10 Å². The van der Waals surface area contributed by atoms with Crippen molar-refractivity contribution in [3.8, 4) is 0 Å². The molecule has 3 unspecified atom stereocenters. The molecule has 5 nitrogen and oxygen atoms in total. The number of hydrogen-bond acceptors (Lipinski definition) is 4. The van der Waals surface area contributed by atoms with E-state index in [4.69, 9.17) is 10.5 Å².